The fraction of sp³-hybridized carbons (Fsp3) is 0.500. The minimum atomic E-state index is -0.847. The van der Waals surface area contributed by atoms with Gasteiger partial charge >= 0.3 is 5.97 Å². The Balaban J connectivity index is 1.94. The van der Waals surface area contributed by atoms with E-state index in [-0.39, 0.29) is 6.04 Å². The Labute approximate surface area is 120 Å². The van der Waals surface area contributed by atoms with Crippen LogP contribution < -0.4 is 5.32 Å². The van der Waals surface area contributed by atoms with E-state index < -0.39 is 11.5 Å². The highest BCUT2D eigenvalue weighted by atomic mass is 79.9. The molecule has 102 valence electrons. The summed E-state index contributed by atoms with van der Waals surface area (Å²) in [4.78, 5) is 14.2. The number of benzene rings is 1. The number of carboxylic acids is 1. The smallest absolute Gasteiger partial charge is 0.331 e. The molecule has 0 amide bonds. The second kappa shape index (κ2) is 4.80. The number of anilines is 1. The van der Waals surface area contributed by atoms with Crippen LogP contribution in [-0.2, 0) is 4.79 Å². The Hall–Kier alpha value is -1.07. The predicted molar refractivity (Wildman–Crippen MR) is 77.3 cm³/mol. The molecular weight excluding hydrogens is 308 g/mol. The van der Waals surface area contributed by atoms with Crippen LogP contribution in [0.1, 0.15) is 19.3 Å². The van der Waals surface area contributed by atoms with Crippen molar-refractivity contribution < 1.29 is 9.90 Å². The van der Waals surface area contributed by atoms with Crippen LogP contribution in [0.4, 0.5) is 5.69 Å². The van der Waals surface area contributed by atoms with Gasteiger partial charge in [0.1, 0.15) is 0 Å². The maximum absolute atomic E-state index is 11.9. The van der Waals surface area contributed by atoms with E-state index in [4.69, 9.17) is 0 Å². The molecule has 2 fully saturated rings. The number of hydrogen-bond acceptors (Lipinski definition) is 3. The summed E-state index contributed by atoms with van der Waals surface area (Å²) in [6.45, 7) is 1.89. The lowest BCUT2D eigenvalue weighted by molar-refractivity contribution is -0.143. The lowest BCUT2D eigenvalue weighted by atomic mass is 9.88. The van der Waals surface area contributed by atoms with Crippen molar-refractivity contribution in [2.45, 2.75) is 30.8 Å². The summed E-state index contributed by atoms with van der Waals surface area (Å²) < 4.78 is 0.909. The van der Waals surface area contributed by atoms with Crippen LogP contribution in [0.15, 0.2) is 28.7 Å². The van der Waals surface area contributed by atoms with Crippen molar-refractivity contribution in [3.8, 4) is 0 Å². The van der Waals surface area contributed by atoms with E-state index in [9.17, 15) is 9.90 Å². The molecule has 2 unspecified atom stereocenters. The Morgan fingerprint density at radius 3 is 2.95 bits per heavy atom. The molecule has 0 aromatic heterocycles. The number of hydrogen-bond donors (Lipinski definition) is 2. The quantitative estimate of drug-likeness (QED) is 0.897. The minimum Gasteiger partial charge on any atom is -0.479 e. The Morgan fingerprint density at radius 1 is 1.42 bits per heavy atom. The van der Waals surface area contributed by atoms with Crippen LogP contribution in [0.3, 0.4) is 0 Å². The molecule has 1 aromatic carbocycles. The van der Waals surface area contributed by atoms with E-state index in [0.29, 0.717) is 6.42 Å². The van der Waals surface area contributed by atoms with Gasteiger partial charge in [0.15, 0.2) is 5.54 Å². The van der Waals surface area contributed by atoms with E-state index in [1.165, 1.54) is 0 Å². The topological polar surface area (TPSA) is 52.6 Å². The summed E-state index contributed by atoms with van der Waals surface area (Å²) in [5, 5.41) is 13.1. The van der Waals surface area contributed by atoms with E-state index in [0.717, 1.165) is 36.1 Å². The zero-order valence-corrected chi connectivity index (χ0v) is 12.2. The number of fused-ring (bicyclic) bond motifs is 1. The largest absolute Gasteiger partial charge is 0.479 e. The zero-order valence-electron chi connectivity index (χ0n) is 10.6. The summed E-state index contributed by atoms with van der Waals surface area (Å²) in [6, 6.07) is 7.81. The number of para-hydroxylation sites is 1. The molecule has 2 atom stereocenters. The normalized spacial score (nSPS) is 30.3. The molecule has 0 radical (unpaired) electrons. The fourth-order valence-electron chi connectivity index (χ4n) is 3.39. The van der Waals surface area contributed by atoms with Crippen LogP contribution in [0.5, 0.6) is 0 Å². The standard InChI is InChI=1S/C14H17BrN2O2/c15-10-4-1-2-5-11(10)16-14(13(18)19)7-9-17-8-3-6-12(14)17/h1-2,4-5,12,16H,3,6-9H2,(H,18,19). The SMILES string of the molecule is O=C(O)C1(Nc2ccccc2Br)CCN2CCCC21. The average Bonchev–Trinajstić information content (AvgIpc) is 2.96. The van der Waals surface area contributed by atoms with Crippen molar-refractivity contribution >= 4 is 27.6 Å². The van der Waals surface area contributed by atoms with Crippen LogP contribution in [0.25, 0.3) is 0 Å². The number of nitrogens with one attached hydrogen (secondary N) is 1. The third-order valence-electron chi connectivity index (χ3n) is 4.34. The minimum absolute atomic E-state index is 0.108. The third-order valence-corrected chi connectivity index (χ3v) is 5.03. The Bertz CT molecular complexity index is 508. The number of carboxylic acid groups (broad SMARTS) is 1. The molecule has 2 saturated heterocycles. The van der Waals surface area contributed by atoms with Gasteiger partial charge in [-0.15, -0.1) is 0 Å². The summed E-state index contributed by atoms with van der Waals surface area (Å²) in [7, 11) is 0. The molecule has 2 N–H and O–H groups in total. The van der Waals surface area contributed by atoms with Crippen LogP contribution in [0.2, 0.25) is 0 Å². The first kappa shape index (κ1) is 12.9. The van der Waals surface area contributed by atoms with Crippen molar-refractivity contribution in [3.63, 3.8) is 0 Å². The third kappa shape index (κ3) is 2.05. The van der Waals surface area contributed by atoms with Crippen molar-refractivity contribution in [1.82, 2.24) is 4.90 Å². The molecule has 2 aliphatic heterocycles. The van der Waals surface area contributed by atoms with E-state index in [2.05, 4.69) is 26.1 Å². The molecule has 19 heavy (non-hydrogen) atoms. The monoisotopic (exact) mass is 324 g/mol. The van der Waals surface area contributed by atoms with E-state index >= 15 is 0 Å². The van der Waals surface area contributed by atoms with E-state index in [1.54, 1.807) is 0 Å². The number of rotatable bonds is 3. The van der Waals surface area contributed by atoms with Gasteiger partial charge in [-0.05, 0) is 53.9 Å². The molecule has 3 rings (SSSR count). The maximum atomic E-state index is 11.9. The van der Waals surface area contributed by atoms with Gasteiger partial charge in [-0.25, -0.2) is 4.79 Å². The van der Waals surface area contributed by atoms with Crippen LogP contribution >= 0.6 is 15.9 Å². The van der Waals surface area contributed by atoms with Gasteiger partial charge < -0.3 is 10.4 Å². The summed E-state index contributed by atoms with van der Waals surface area (Å²) >= 11 is 3.48. The first-order chi connectivity index (χ1) is 9.13. The molecule has 5 heteroatoms. The maximum Gasteiger partial charge on any atom is 0.331 e. The average molecular weight is 325 g/mol. The second-order valence-corrected chi connectivity index (χ2v) is 6.18. The van der Waals surface area contributed by atoms with Gasteiger partial charge in [0.25, 0.3) is 0 Å². The zero-order chi connectivity index (χ0) is 13.5. The first-order valence-electron chi connectivity index (χ1n) is 6.64. The van der Waals surface area contributed by atoms with Crippen molar-refractivity contribution in [3.05, 3.63) is 28.7 Å². The molecule has 0 spiro atoms. The molecule has 2 aliphatic rings. The number of nitrogens with zero attached hydrogens (tertiary/aromatic N) is 1. The summed E-state index contributed by atoms with van der Waals surface area (Å²) in [5.41, 5.74) is 0.0130. The summed E-state index contributed by atoms with van der Waals surface area (Å²) in [5.74, 6) is -0.738. The highest BCUT2D eigenvalue weighted by molar-refractivity contribution is 9.10. The highest BCUT2D eigenvalue weighted by Gasteiger charge is 2.54. The molecule has 2 heterocycles. The molecular formula is C14H17BrN2O2. The first-order valence-corrected chi connectivity index (χ1v) is 7.43. The molecule has 4 nitrogen and oxygen atoms in total. The van der Waals surface area contributed by atoms with Gasteiger partial charge in [-0.3, -0.25) is 4.90 Å². The fourth-order valence-corrected chi connectivity index (χ4v) is 3.77. The van der Waals surface area contributed by atoms with Gasteiger partial charge in [-0.1, -0.05) is 12.1 Å². The van der Waals surface area contributed by atoms with Crippen LogP contribution in [-0.4, -0.2) is 40.6 Å². The number of aliphatic carboxylic acids is 1. The van der Waals surface area contributed by atoms with Gasteiger partial charge in [0, 0.05) is 22.7 Å². The molecule has 0 aliphatic carbocycles. The predicted octanol–water partition coefficient (Wildman–Crippen LogP) is 2.55. The highest BCUT2D eigenvalue weighted by Crippen LogP contribution is 2.39. The van der Waals surface area contributed by atoms with Gasteiger partial charge in [-0.2, -0.15) is 0 Å². The van der Waals surface area contributed by atoms with E-state index in [1.807, 2.05) is 24.3 Å². The van der Waals surface area contributed by atoms with Crippen molar-refractivity contribution in [2.24, 2.45) is 0 Å². The number of carbonyl (C=O) groups is 1. The van der Waals surface area contributed by atoms with Crippen molar-refractivity contribution in [1.29, 1.82) is 0 Å². The van der Waals surface area contributed by atoms with Crippen LogP contribution in [0, 0.1) is 0 Å². The number of halogens is 1. The molecule has 0 saturated carbocycles. The Morgan fingerprint density at radius 2 is 2.21 bits per heavy atom. The molecule has 1 aromatic rings. The lowest BCUT2D eigenvalue weighted by Gasteiger charge is -2.33. The van der Waals surface area contributed by atoms with Gasteiger partial charge in [0.2, 0.25) is 0 Å². The molecule has 0 bridgehead atoms. The van der Waals surface area contributed by atoms with Crippen molar-refractivity contribution in [2.75, 3.05) is 18.4 Å². The Kier molecular flexibility index (Phi) is 3.27. The lowest BCUT2D eigenvalue weighted by Crippen LogP contribution is -2.54. The summed E-state index contributed by atoms with van der Waals surface area (Å²) in [6.07, 6.45) is 2.72. The van der Waals surface area contributed by atoms with Gasteiger partial charge in [0.05, 0.1) is 0 Å². The second-order valence-electron chi connectivity index (χ2n) is 5.33.